The van der Waals surface area contributed by atoms with Crippen molar-refractivity contribution in [1.82, 2.24) is 9.97 Å². The summed E-state index contributed by atoms with van der Waals surface area (Å²) < 4.78 is 7.17. The van der Waals surface area contributed by atoms with Gasteiger partial charge in [0.2, 0.25) is 5.88 Å². The lowest BCUT2D eigenvalue weighted by Gasteiger charge is -2.08. The molecule has 2 aromatic rings. The van der Waals surface area contributed by atoms with Crippen LogP contribution in [-0.2, 0) is 0 Å². The molecule has 0 saturated carbocycles. The third-order valence-electron chi connectivity index (χ3n) is 2.02. The molecule has 0 aliphatic rings. The summed E-state index contributed by atoms with van der Waals surface area (Å²) in [6.45, 7) is 0. The minimum atomic E-state index is -0.992. The minimum Gasteiger partial charge on any atom is -0.478 e. The average Bonchev–Trinajstić information content (AvgIpc) is 2.34. The fourth-order valence-electron chi connectivity index (χ4n) is 1.20. The van der Waals surface area contributed by atoms with Crippen molar-refractivity contribution < 1.29 is 14.6 Å². The third-order valence-corrected chi connectivity index (χ3v) is 3.65. The van der Waals surface area contributed by atoms with Gasteiger partial charge in [0.1, 0.15) is 12.1 Å². The van der Waals surface area contributed by atoms with Gasteiger partial charge in [0, 0.05) is 6.20 Å². The van der Waals surface area contributed by atoms with E-state index in [2.05, 4.69) is 55.1 Å². The lowest BCUT2D eigenvalue weighted by Crippen LogP contribution is -1.99. The number of benzene rings is 1. The van der Waals surface area contributed by atoms with Crippen LogP contribution in [0.1, 0.15) is 10.4 Å². The summed E-state index contributed by atoms with van der Waals surface area (Å²) in [6, 6.07) is 4.69. The van der Waals surface area contributed by atoms with Gasteiger partial charge in [-0.15, -0.1) is 0 Å². The first-order chi connectivity index (χ1) is 8.58. The van der Waals surface area contributed by atoms with E-state index in [4.69, 9.17) is 9.84 Å². The van der Waals surface area contributed by atoms with Crippen LogP contribution in [-0.4, -0.2) is 21.0 Å². The molecule has 5 nitrogen and oxygen atoms in total. The monoisotopic (exact) mass is 468 g/mol. The summed E-state index contributed by atoms with van der Waals surface area (Å²) in [7, 11) is 0. The van der Waals surface area contributed by atoms with Crippen LogP contribution in [0.4, 0.5) is 0 Å². The molecule has 1 heterocycles. The van der Waals surface area contributed by atoms with Crippen molar-refractivity contribution in [3.05, 3.63) is 43.4 Å². The van der Waals surface area contributed by atoms with Gasteiger partial charge in [0.15, 0.2) is 0 Å². The SMILES string of the molecule is O=C(O)c1ccc(I)c(Oc2ncncc2I)c1. The van der Waals surface area contributed by atoms with E-state index in [1.54, 1.807) is 12.3 Å². The summed E-state index contributed by atoms with van der Waals surface area (Å²) >= 11 is 4.13. The van der Waals surface area contributed by atoms with Crippen LogP contribution in [0, 0.1) is 7.14 Å². The van der Waals surface area contributed by atoms with Gasteiger partial charge >= 0.3 is 5.97 Å². The number of aromatic nitrogens is 2. The highest BCUT2D eigenvalue weighted by Crippen LogP contribution is 2.28. The maximum Gasteiger partial charge on any atom is 0.335 e. The molecule has 0 spiro atoms. The van der Waals surface area contributed by atoms with E-state index >= 15 is 0 Å². The number of halogens is 2. The highest BCUT2D eigenvalue weighted by atomic mass is 127. The number of nitrogens with zero attached hydrogens (tertiary/aromatic N) is 2. The molecule has 7 heteroatoms. The predicted octanol–water partition coefficient (Wildman–Crippen LogP) is 3.18. The van der Waals surface area contributed by atoms with Gasteiger partial charge in [0.25, 0.3) is 0 Å². The van der Waals surface area contributed by atoms with E-state index < -0.39 is 5.97 Å². The Morgan fingerprint density at radius 2 is 2.06 bits per heavy atom. The fraction of sp³-hybridized carbons (Fsp3) is 0. The van der Waals surface area contributed by atoms with Gasteiger partial charge < -0.3 is 9.84 Å². The zero-order valence-corrected chi connectivity index (χ0v) is 13.1. The molecule has 2 rings (SSSR count). The van der Waals surface area contributed by atoms with Gasteiger partial charge in [-0.05, 0) is 63.4 Å². The molecule has 92 valence electrons. The van der Waals surface area contributed by atoms with Crippen molar-refractivity contribution in [3.8, 4) is 11.6 Å². The number of carboxylic acids is 1. The second-order valence-electron chi connectivity index (χ2n) is 3.23. The van der Waals surface area contributed by atoms with Crippen molar-refractivity contribution in [2.45, 2.75) is 0 Å². The van der Waals surface area contributed by atoms with Crippen LogP contribution < -0.4 is 4.74 Å². The first-order valence-electron chi connectivity index (χ1n) is 4.74. The zero-order valence-electron chi connectivity index (χ0n) is 8.80. The zero-order chi connectivity index (χ0) is 13.1. The molecule has 0 atom stereocenters. The van der Waals surface area contributed by atoms with Crippen LogP contribution in [0.25, 0.3) is 0 Å². The number of aromatic carboxylic acids is 1. The largest absolute Gasteiger partial charge is 0.478 e. The standard InChI is InChI=1S/C11H6I2N2O3/c12-7-2-1-6(11(16)17)3-9(7)18-10-8(13)4-14-5-15-10/h1-5H,(H,16,17). The number of hydrogen-bond donors (Lipinski definition) is 1. The van der Waals surface area contributed by atoms with Crippen LogP contribution in [0.2, 0.25) is 0 Å². The van der Waals surface area contributed by atoms with E-state index in [-0.39, 0.29) is 5.56 Å². The molecule has 0 unspecified atom stereocenters. The van der Waals surface area contributed by atoms with Crippen LogP contribution >= 0.6 is 45.2 Å². The summed E-state index contributed by atoms with van der Waals surface area (Å²) in [6.07, 6.45) is 3.00. The van der Waals surface area contributed by atoms with Gasteiger partial charge in [-0.25, -0.2) is 14.8 Å². The Morgan fingerprint density at radius 3 is 2.72 bits per heavy atom. The maximum absolute atomic E-state index is 10.9. The Hall–Kier alpha value is -0.970. The van der Waals surface area contributed by atoms with Crippen LogP contribution in [0.15, 0.2) is 30.7 Å². The Labute approximate surface area is 130 Å². The second-order valence-corrected chi connectivity index (χ2v) is 5.55. The maximum atomic E-state index is 10.9. The van der Waals surface area contributed by atoms with Gasteiger partial charge in [0.05, 0.1) is 12.7 Å². The molecular weight excluding hydrogens is 462 g/mol. The van der Waals surface area contributed by atoms with Crippen LogP contribution in [0.5, 0.6) is 11.6 Å². The minimum absolute atomic E-state index is 0.175. The average molecular weight is 468 g/mol. The quantitative estimate of drug-likeness (QED) is 0.702. The van der Waals surface area contributed by atoms with Crippen molar-refractivity contribution >= 4 is 51.2 Å². The molecule has 0 aliphatic carbocycles. The summed E-state index contributed by atoms with van der Waals surface area (Å²) in [5.41, 5.74) is 0.175. The number of hydrogen-bond acceptors (Lipinski definition) is 4. The Kier molecular flexibility index (Phi) is 4.32. The summed E-state index contributed by atoms with van der Waals surface area (Å²) in [5, 5.41) is 8.94. The molecule has 1 aromatic heterocycles. The first-order valence-corrected chi connectivity index (χ1v) is 6.90. The van der Waals surface area contributed by atoms with Gasteiger partial charge in [-0.1, -0.05) is 0 Å². The second kappa shape index (κ2) is 5.78. The van der Waals surface area contributed by atoms with E-state index in [0.29, 0.717) is 11.6 Å². The van der Waals surface area contributed by atoms with Gasteiger partial charge in [-0.3, -0.25) is 0 Å². The van der Waals surface area contributed by atoms with Crippen molar-refractivity contribution in [2.24, 2.45) is 0 Å². The molecule has 0 bridgehead atoms. The Morgan fingerprint density at radius 1 is 1.28 bits per heavy atom. The van der Waals surface area contributed by atoms with Crippen molar-refractivity contribution in [3.63, 3.8) is 0 Å². The van der Waals surface area contributed by atoms with Crippen molar-refractivity contribution in [2.75, 3.05) is 0 Å². The number of rotatable bonds is 3. The fourth-order valence-corrected chi connectivity index (χ4v) is 2.05. The van der Waals surface area contributed by atoms with Crippen LogP contribution in [0.3, 0.4) is 0 Å². The third kappa shape index (κ3) is 3.07. The topological polar surface area (TPSA) is 72.3 Å². The van der Waals surface area contributed by atoms with E-state index in [1.807, 2.05) is 0 Å². The molecule has 0 amide bonds. The molecule has 1 aromatic carbocycles. The Balaban J connectivity index is 2.37. The smallest absolute Gasteiger partial charge is 0.335 e. The van der Waals surface area contributed by atoms with E-state index in [1.165, 1.54) is 18.5 Å². The van der Waals surface area contributed by atoms with E-state index in [0.717, 1.165) is 7.14 Å². The molecule has 1 N–H and O–H groups in total. The Bertz CT molecular complexity index is 605. The lowest BCUT2D eigenvalue weighted by molar-refractivity contribution is 0.0696. The number of carbonyl (C=O) groups is 1. The molecule has 0 fully saturated rings. The molecule has 0 aliphatic heterocycles. The highest BCUT2D eigenvalue weighted by Gasteiger charge is 2.11. The first kappa shape index (κ1) is 13.5. The number of carboxylic acid groups (broad SMARTS) is 1. The highest BCUT2D eigenvalue weighted by molar-refractivity contribution is 14.1. The molecular formula is C11H6I2N2O3. The molecule has 18 heavy (non-hydrogen) atoms. The normalized spacial score (nSPS) is 10.1. The predicted molar refractivity (Wildman–Crippen MR) is 80.9 cm³/mol. The van der Waals surface area contributed by atoms with Crippen molar-refractivity contribution in [1.29, 1.82) is 0 Å². The lowest BCUT2D eigenvalue weighted by atomic mass is 10.2. The molecule has 0 radical (unpaired) electrons. The number of ether oxygens (including phenoxy) is 1. The summed E-state index contributed by atoms with van der Waals surface area (Å²) in [4.78, 5) is 18.8. The van der Waals surface area contributed by atoms with E-state index in [9.17, 15) is 4.79 Å². The summed E-state index contributed by atoms with van der Waals surface area (Å²) in [5.74, 6) is -0.119. The molecule has 0 saturated heterocycles. The van der Waals surface area contributed by atoms with Gasteiger partial charge in [-0.2, -0.15) is 0 Å².